The third-order valence-corrected chi connectivity index (χ3v) is 3.13. The van der Waals surface area contributed by atoms with E-state index in [-0.39, 0.29) is 17.8 Å². The molecule has 88 valence electrons. The molecular formula is C11H14ClNO3. The van der Waals surface area contributed by atoms with E-state index in [0.717, 1.165) is 0 Å². The Balaban J connectivity index is 3.09. The van der Waals surface area contributed by atoms with Gasteiger partial charge in [0.2, 0.25) is 5.91 Å². The monoisotopic (exact) mass is 243 g/mol. The Kier molecular flexibility index (Phi) is 3.82. The first-order valence-corrected chi connectivity index (χ1v) is 5.54. The highest BCUT2D eigenvalue weighted by molar-refractivity contribution is 6.27. The fourth-order valence-electron chi connectivity index (χ4n) is 2.04. The second-order valence-electron chi connectivity index (χ2n) is 3.93. The summed E-state index contributed by atoms with van der Waals surface area (Å²) < 4.78 is 0. The molecule has 0 saturated carbocycles. The van der Waals surface area contributed by atoms with Crippen LogP contribution in [0.2, 0.25) is 0 Å². The average Bonchev–Trinajstić information content (AvgIpc) is 2.57. The maximum atomic E-state index is 11.7. The van der Waals surface area contributed by atoms with Crippen molar-refractivity contribution in [2.75, 3.05) is 5.88 Å². The normalized spacial score (nSPS) is 28.4. The lowest BCUT2D eigenvalue weighted by molar-refractivity contribution is -0.155. The van der Waals surface area contributed by atoms with Crippen molar-refractivity contribution < 1.29 is 14.7 Å². The first-order chi connectivity index (χ1) is 7.47. The van der Waals surface area contributed by atoms with E-state index in [2.05, 4.69) is 11.8 Å². The lowest BCUT2D eigenvalue weighted by atomic mass is 9.99. The Morgan fingerprint density at radius 1 is 1.62 bits per heavy atom. The van der Waals surface area contributed by atoms with E-state index in [4.69, 9.17) is 11.6 Å². The van der Waals surface area contributed by atoms with Crippen LogP contribution in [0.1, 0.15) is 26.7 Å². The molecule has 1 saturated heterocycles. The van der Waals surface area contributed by atoms with Crippen LogP contribution in [0, 0.1) is 11.8 Å². The van der Waals surface area contributed by atoms with Gasteiger partial charge in [0.15, 0.2) is 0 Å². The fraction of sp³-hybridized carbons (Fsp3) is 0.636. The smallest absolute Gasteiger partial charge is 0.329 e. The van der Waals surface area contributed by atoms with Gasteiger partial charge in [0.25, 0.3) is 0 Å². The summed E-state index contributed by atoms with van der Waals surface area (Å²) in [4.78, 5) is 24.2. The molecule has 0 aromatic rings. The summed E-state index contributed by atoms with van der Waals surface area (Å²) in [6.07, 6.45) is 0.983. The van der Waals surface area contributed by atoms with E-state index in [1.165, 1.54) is 11.8 Å². The Morgan fingerprint density at radius 2 is 2.25 bits per heavy atom. The third-order valence-electron chi connectivity index (χ3n) is 2.90. The van der Waals surface area contributed by atoms with Gasteiger partial charge in [-0.05, 0) is 26.7 Å². The number of hydrogen-bond donors (Lipinski definition) is 1. The fourth-order valence-corrected chi connectivity index (χ4v) is 2.17. The largest absolute Gasteiger partial charge is 0.480 e. The van der Waals surface area contributed by atoms with Gasteiger partial charge < -0.3 is 10.0 Å². The van der Waals surface area contributed by atoms with Gasteiger partial charge in [0.1, 0.15) is 11.4 Å². The molecule has 5 heteroatoms. The van der Waals surface area contributed by atoms with Crippen LogP contribution in [-0.2, 0) is 9.59 Å². The number of likely N-dealkylation sites (tertiary alicyclic amines) is 1. The Hall–Kier alpha value is -1.21. The molecule has 1 rings (SSSR count). The summed E-state index contributed by atoms with van der Waals surface area (Å²) in [5.74, 6) is 3.96. The number of carbonyl (C=O) groups excluding carboxylic acids is 1. The number of amides is 1. The minimum atomic E-state index is -1.18. The number of halogens is 1. The molecule has 4 nitrogen and oxygen atoms in total. The predicted octanol–water partition coefficient (Wildman–Crippen LogP) is 1.08. The van der Waals surface area contributed by atoms with Crippen LogP contribution >= 0.6 is 11.6 Å². The van der Waals surface area contributed by atoms with Gasteiger partial charge in [0, 0.05) is 0 Å². The number of hydrogen-bond acceptors (Lipinski definition) is 2. The van der Waals surface area contributed by atoms with Crippen LogP contribution in [0.4, 0.5) is 0 Å². The molecule has 2 atom stereocenters. The Morgan fingerprint density at radius 3 is 2.69 bits per heavy atom. The molecule has 0 unspecified atom stereocenters. The van der Waals surface area contributed by atoms with Crippen molar-refractivity contribution in [3.63, 3.8) is 0 Å². The van der Waals surface area contributed by atoms with Crippen LogP contribution < -0.4 is 0 Å². The van der Waals surface area contributed by atoms with Crippen molar-refractivity contribution in [1.29, 1.82) is 0 Å². The van der Waals surface area contributed by atoms with Gasteiger partial charge in [-0.25, -0.2) is 4.79 Å². The zero-order valence-corrected chi connectivity index (χ0v) is 10.0. The van der Waals surface area contributed by atoms with Crippen molar-refractivity contribution in [2.45, 2.75) is 38.3 Å². The van der Waals surface area contributed by atoms with Gasteiger partial charge in [-0.3, -0.25) is 4.79 Å². The molecule has 0 aromatic heterocycles. The maximum absolute atomic E-state index is 11.7. The van der Waals surface area contributed by atoms with E-state index < -0.39 is 11.5 Å². The third kappa shape index (κ3) is 2.00. The van der Waals surface area contributed by atoms with Gasteiger partial charge in [-0.2, -0.15) is 0 Å². The topological polar surface area (TPSA) is 57.6 Å². The van der Waals surface area contributed by atoms with Gasteiger partial charge in [0.05, 0.1) is 6.04 Å². The number of nitrogens with zero attached hydrogens (tertiary/aromatic N) is 1. The lowest BCUT2D eigenvalue weighted by Gasteiger charge is -2.33. The van der Waals surface area contributed by atoms with Crippen molar-refractivity contribution >= 4 is 23.5 Å². The molecule has 1 N–H and O–H groups in total. The number of carbonyl (C=O) groups is 2. The van der Waals surface area contributed by atoms with Crippen LogP contribution in [-0.4, -0.2) is 39.3 Å². The van der Waals surface area contributed by atoms with Gasteiger partial charge in [-0.1, -0.05) is 5.92 Å². The number of carboxylic acids is 1. The first kappa shape index (κ1) is 12.9. The van der Waals surface area contributed by atoms with Crippen LogP contribution in [0.5, 0.6) is 0 Å². The molecule has 0 radical (unpaired) electrons. The second-order valence-corrected chi connectivity index (χ2v) is 4.19. The number of alkyl halides is 1. The molecule has 1 aliphatic heterocycles. The molecule has 1 aliphatic rings. The molecule has 16 heavy (non-hydrogen) atoms. The Bertz CT molecular complexity index is 371. The molecule has 0 bridgehead atoms. The van der Waals surface area contributed by atoms with E-state index >= 15 is 0 Å². The maximum Gasteiger partial charge on any atom is 0.329 e. The number of aliphatic carboxylic acids is 1. The molecular weight excluding hydrogens is 230 g/mol. The van der Waals surface area contributed by atoms with E-state index in [1.54, 1.807) is 6.92 Å². The van der Waals surface area contributed by atoms with Crippen LogP contribution in [0.15, 0.2) is 0 Å². The first-order valence-electron chi connectivity index (χ1n) is 5.01. The summed E-state index contributed by atoms with van der Waals surface area (Å²) in [5.41, 5.74) is -1.18. The van der Waals surface area contributed by atoms with E-state index in [1.807, 2.05) is 0 Å². The van der Waals surface area contributed by atoms with E-state index in [9.17, 15) is 14.7 Å². The standard InChI is InChI=1S/C11H14ClNO3/c1-3-4-8-5-6-11(2,10(15)16)13(8)9(14)7-12/h8H,5-7H2,1-2H3,(H,15,16)/t8-,11-/m0/s1. The quantitative estimate of drug-likeness (QED) is 0.583. The second kappa shape index (κ2) is 4.75. The summed E-state index contributed by atoms with van der Waals surface area (Å²) in [5, 5.41) is 9.19. The SMILES string of the molecule is CC#C[C@H]1CC[C@@](C)(C(=O)O)N1C(=O)CCl. The van der Waals surface area contributed by atoms with Crippen molar-refractivity contribution in [2.24, 2.45) is 0 Å². The lowest BCUT2D eigenvalue weighted by Crippen LogP contribution is -2.54. The van der Waals surface area contributed by atoms with Crippen molar-refractivity contribution in [1.82, 2.24) is 4.90 Å². The predicted molar refractivity (Wildman–Crippen MR) is 60.1 cm³/mol. The molecule has 0 aliphatic carbocycles. The summed E-state index contributed by atoms with van der Waals surface area (Å²) in [7, 11) is 0. The zero-order valence-electron chi connectivity index (χ0n) is 9.29. The average molecular weight is 244 g/mol. The molecule has 1 heterocycles. The minimum Gasteiger partial charge on any atom is -0.480 e. The minimum absolute atomic E-state index is 0.217. The summed E-state index contributed by atoms with van der Waals surface area (Å²) in [6, 6.07) is -0.336. The highest BCUT2D eigenvalue weighted by Gasteiger charge is 2.50. The van der Waals surface area contributed by atoms with Gasteiger partial charge in [-0.15, -0.1) is 17.5 Å². The summed E-state index contributed by atoms with van der Waals surface area (Å²) >= 11 is 5.50. The highest BCUT2D eigenvalue weighted by Crippen LogP contribution is 2.34. The van der Waals surface area contributed by atoms with Gasteiger partial charge >= 0.3 is 5.97 Å². The van der Waals surface area contributed by atoms with E-state index in [0.29, 0.717) is 12.8 Å². The molecule has 1 amide bonds. The number of carboxylic acid groups (broad SMARTS) is 1. The molecule has 0 spiro atoms. The van der Waals surface area contributed by atoms with Crippen molar-refractivity contribution in [3.05, 3.63) is 0 Å². The molecule has 1 fully saturated rings. The highest BCUT2D eigenvalue weighted by atomic mass is 35.5. The summed E-state index contributed by atoms with van der Waals surface area (Å²) in [6.45, 7) is 3.21. The van der Waals surface area contributed by atoms with Crippen LogP contribution in [0.3, 0.4) is 0 Å². The van der Waals surface area contributed by atoms with Crippen molar-refractivity contribution in [3.8, 4) is 11.8 Å². The van der Waals surface area contributed by atoms with Crippen LogP contribution in [0.25, 0.3) is 0 Å². The number of rotatable bonds is 2. The zero-order chi connectivity index (χ0) is 12.3. The molecule has 0 aromatic carbocycles. The Labute approximate surface area is 99.6 Å².